The van der Waals surface area contributed by atoms with Gasteiger partial charge in [-0.15, -0.1) is 11.3 Å². The first-order chi connectivity index (χ1) is 11.1. The van der Waals surface area contributed by atoms with Crippen LogP contribution in [0.25, 0.3) is 21.0 Å². The van der Waals surface area contributed by atoms with E-state index in [-0.39, 0.29) is 4.73 Å². The van der Waals surface area contributed by atoms with Crippen molar-refractivity contribution < 1.29 is 5.21 Å². The van der Waals surface area contributed by atoms with Crippen molar-refractivity contribution in [2.75, 3.05) is 0 Å². The molecule has 4 rings (SSSR count). The van der Waals surface area contributed by atoms with Crippen molar-refractivity contribution in [1.29, 1.82) is 0 Å². The van der Waals surface area contributed by atoms with Crippen molar-refractivity contribution in [3.05, 3.63) is 80.3 Å². The largest absolute Gasteiger partial charge is 0.421 e. The summed E-state index contributed by atoms with van der Waals surface area (Å²) in [5.41, 5.74) is -0.474. The Bertz CT molecular complexity index is 1150. The Morgan fingerprint density at radius 3 is 2.61 bits per heavy atom. The molecule has 0 aliphatic rings. The second-order valence-corrected chi connectivity index (χ2v) is 6.20. The molecule has 2 aromatic carbocycles. The van der Waals surface area contributed by atoms with Crippen LogP contribution in [0.15, 0.2) is 63.5 Å². The molecule has 0 amide bonds. The van der Waals surface area contributed by atoms with Crippen LogP contribution in [0.5, 0.6) is 0 Å². The van der Waals surface area contributed by atoms with Gasteiger partial charge in [0.25, 0.3) is 5.56 Å². The molecule has 114 valence electrons. The van der Waals surface area contributed by atoms with Crippen LogP contribution in [0, 0.1) is 0 Å². The lowest BCUT2D eigenvalue weighted by Crippen LogP contribution is -2.38. The Labute approximate surface area is 134 Å². The van der Waals surface area contributed by atoms with Crippen molar-refractivity contribution in [3.63, 3.8) is 0 Å². The average Bonchev–Trinajstić information content (AvgIpc) is 3.06. The van der Waals surface area contributed by atoms with Crippen LogP contribution in [0.3, 0.4) is 0 Å². The van der Waals surface area contributed by atoms with Gasteiger partial charge in [0.2, 0.25) is 0 Å². The maximum absolute atomic E-state index is 12.3. The lowest BCUT2D eigenvalue weighted by molar-refractivity contribution is 0.158. The molecule has 0 radical (unpaired) electrons. The van der Waals surface area contributed by atoms with Crippen molar-refractivity contribution >= 4 is 32.3 Å². The summed E-state index contributed by atoms with van der Waals surface area (Å²) in [6.45, 7) is 0.293. The molecule has 0 saturated heterocycles. The van der Waals surface area contributed by atoms with Crippen LogP contribution in [-0.4, -0.2) is 14.5 Å². The molecule has 0 saturated carbocycles. The SMILES string of the molecule is O=c1c2ccsc2n(Cc2ccc3ccccc3c2)c(=O)n1O. The summed E-state index contributed by atoms with van der Waals surface area (Å²) in [4.78, 5) is 24.7. The fourth-order valence-electron chi connectivity index (χ4n) is 2.73. The van der Waals surface area contributed by atoms with Gasteiger partial charge >= 0.3 is 5.69 Å². The standard InChI is InChI=1S/C17H12N2O3S/c20-15-14-7-8-23-16(14)18(17(21)19(15)22)10-11-5-6-12-3-1-2-4-13(12)9-11/h1-9,22H,10H2. The summed E-state index contributed by atoms with van der Waals surface area (Å²) in [6, 6.07) is 15.5. The molecule has 0 unspecified atom stereocenters. The fourth-order valence-corrected chi connectivity index (χ4v) is 3.62. The second-order valence-electron chi connectivity index (χ2n) is 5.31. The number of nitrogens with zero attached hydrogens (tertiary/aromatic N) is 2. The Kier molecular flexibility index (Phi) is 3.06. The van der Waals surface area contributed by atoms with E-state index < -0.39 is 11.2 Å². The quantitative estimate of drug-likeness (QED) is 0.577. The summed E-state index contributed by atoms with van der Waals surface area (Å²) in [5.74, 6) is 0. The topological polar surface area (TPSA) is 64.2 Å². The Morgan fingerprint density at radius 1 is 1.00 bits per heavy atom. The van der Waals surface area contributed by atoms with Gasteiger partial charge in [0.1, 0.15) is 4.83 Å². The highest BCUT2D eigenvalue weighted by molar-refractivity contribution is 7.16. The van der Waals surface area contributed by atoms with E-state index in [1.165, 1.54) is 15.9 Å². The molecule has 23 heavy (non-hydrogen) atoms. The van der Waals surface area contributed by atoms with Gasteiger partial charge in [-0.3, -0.25) is 9.36 Å². The summed E-state index contributed by atoms with van der Waals surface area (Å²) >= 11 is 1.31. The molecule has 0 aliphatic carbocycles. The van der Waals surface area contributed by atoms with Gasteiger partial charge in [-0.05, 0) is 33.8 Å². The minimum atomic E-state index is -0.724. The van der Waals surface area contributed by atoms with E-state index in [1.54, 1.807) is 11.4 Å². The normalized spacial score (nSPS) is 11.3. The predicted octanol–water partition coefficient (Wildman–Crippen LogP) is 2.66. The van der Waals surface area contributed by atoms with Crippen molar-refractivity contribution in [2.45, 2.75) is 6.54 Å². The van der Waals surface area contributed by atoms with E-state index in [4.69, 9.17) is 0 Å². The Morgan fingerprint density at radius 2 is 1.78 bits per heavy atom. The van der Waals surface area contributed by atoms with Gasteiger partial charge in [0.05, 0.1) is 11.9 Å². The number of aromatic nitrogens is 2. The van der Waals surface area contributed by atoms with Crippen LogP contribution in [-0.2, 0) is 6.54 Å². The molecule has 1 N–H and O–H groups in total. The monoisotopic (exact) mass is 324 g/mol. The van der Waals surface area contributed by atoms with Crippen LogP contribution in [0.2, 0.25) is 0 Å². The van der Waals surface area contributed by atoms with Crippen LogP contribution >= 0.6 is 11.3 Å². The zero-order valence-corrected chi connectivity index (χ0v) is 12.8. The van der Waals surface area contributed by atoms with Crippen LogP contribution in [0.4, 0.5) is 0 Å². The van der Waals surface area contributed by atoms with Crippen LogP contribution < -0.4 is 11.2 Å². The van der Waals surface area contributed by atoms with Gasteiger partial charge in [-0.25, -0.2) is 4.79 Å². The summed E-state index contributed by atoms with van der Waals surface area (Å²) < 4.78 is 1.60. The number of hydrogen-bond acceptors (Lipinski definition) is 4. The fraction of sp³-hybridized carbons (Fsp3) is 0.0588. The number of rotatable bonds is 2. The maximum Gasteiger partial charge on any atom is 0.365 e. The minimum absolute atomic E-state index is 0.177. The van der Waals surface area contributed by atoms with Crippen molar-refractivity contribution in [3.8, 4) is 0 Å². The Balaban J connectivity index is 1.91. The Hall–Kier alpha value is -2.86. The molecule has 2 heterocycles. The minimum Gasteiger partial charge on any atom is -0.421 e. The van der Waals surface area contributed by atoms with E-state index in [0.717, 1.165) is 16.3 Å². The lowest BCUT2D eigenvalue weighted by Gasteiger charge is -2.09. The molecule has 6 heteroatoms. The molecule has 2 aromatic heterocycles. The maximum atomic E-state index is 12.3. The molecule has 0 spiro atoms. The van der Waals surface area contributed by atoms with Crippen molar-refractivity contribution in [2.24, 2.45) is 0 Å². The number of hydrogen-bond donors (Lipinski definition) is 1. The highest BCUT2D eigenvalue weighted by Gasteiger charge is 2.13. The lowest BCUT2D eigenvalue weighted by atomic mass is 10.1. The number of thiophene rings is 1. The third kappa shape index (κ3) is 2.15. The number of fused-ring (bicyclic) bond motifs is 2. The van der Waals surface area contributed by atoms with Crippen molar-refractivity contribution in [1.82, 2.24) is 9.30 Å². The molecule has 0 atom stereocenters. The highest BCUT2D eigenvalue weighted by atomic mass is 32.1. The predicted molar refractivity (Wildman–Crippen MR) is 90.6 cm³/mol. The highest BCUT2D eigenvalue weighted by Crippen LogP contribution is 2.19. The smallest absolute Gasteiger partial charge is 0.365 e. The summed E-state index contributed by atoms with van der Waals surface area (Å²) in [6.07, 6.45) is 0. The van der Waals surface area contributed by atoms with Gasteiger partial charge in [-0.2, -0.15) is 0 Å². The van der Waals surface area contributed by atoms with E-state index in [2.05, 4.69) is 0 Å². The third-order valence-electron chi connectivity index (χ3n) is 3.88. The molecule has 5 nitrogen and oxygen atoms in total. The molecule has 0 aliphatic heterocycles. The first-order valence-electron chi connectivity index (χ1n) is 7.05. The first kappa shape index (κ1) is 13.8. The van der Waals surface area contributed by atoms with E-state index in [9.17, 15) is 14.8 Å². The van der Waals surface area contributed by atoms with Gasteiger partial charge < -0.3 is 5.21 Å². The molecule has 0 fully saturated rings. The van der Waals surface area contributed by atoms with E-state index in [0.29, 0.717) is 16.8 Å². The average molecular weight is 324 g/mol. The van der Waals surface area contributed by atoms with E-state index >= 15 is 0 Å². The zero-order chi connectivity index (χ0) is 16.0. The van der Waals surface area contributed by atoms with Gasteiger partial charge in [0, 0.05) is 0 Å². The van der Waals surface area contributed by atoms with Crippen LogP contribution in [0.1, 0.15) is 5.56 Å². The second kappa shape index (κ2) is 5.10. The molecule has 0 bridgehead atoms. The molecule has 4 aromatic rings. The summed E-state index contributed by atoms with van der Waals surface area (Å²) in [5, 5.41) is 14.0. The molecular weight excluding hydrogens is 312 g/mol. The van der Waals surface area contributed by atoms with Gasteiger partial charge in [0.15, 0.2) is 0 Å². The first-order valence-corrected chi connectivity index (χ1v) is 7.93. The molecular formula is C17H12N2O3S. The van der Waals surface area contributed by atoms with Gasteiger partial charge in [-0.1, -0.05) is 41.1 Å². The third-order valence-corrected chi connectivity index (χ3v) is 4.82. The summed E-state index contributed by atoms with van der Waals surface area (Å²) in [7, 11) is 0. The van der Waals surface area contributed by atoms with E-state index in [1.807, 2.05) is 42.5 Å². The zero-order valence-electron chi connectivity index (χ0n) is 12.0. The number of benzene rings is 2.